The zero-order valence-corrected chi connectivity index (χ0v) is 10.2. The Morgan fingerprint density at radius 3 is 2.56 bits per heavy atom. The molecule has 0 aromatic rings. The highest BCUT2D eigenvalue weighted by molar-refractivity contribution is 5.69. The fourth-order valence-corrected chi connectivity index (χ4v) is 3.62. The lowest BCUT2D eigenvalue weighted by atomic mass is 9.70. The molecule has 3 nitrogen and oxygen atoms in total. The van der Waals surface area contributed by atoms with Crippen molar-refractivity contribution in [2.45, 2.75) is 46.1 Å². The Morgan fingerprint density at radius 1 is 1.50 bits per heavy atom. The molecule has 2 saturated carbocycles. The average Bonchev–Trinajstić information content (AvgIpc) is 2.47. The average molecular weight is 224 g/mol. The molecule has 3 heteroatoms. The molecule has 2 aliphatic carbocycles. The summed E-state index contributed by atoms with van der Waals surface area (Å²) in [4.78, 5) is 10.6. The van der Waals surface area contributed by atoms with Crippen molar-refractivity contribution >= 4 is 5.97 Å². The summed E-state index contributed by atoms with van der Waals surface area (Å²) in [6.45, 7) is 6.50. The lowest BCUT2D eigenvalue weighted by Gasteiger charge is -2.36. The van der Waals surface area contributed by atoms with Gasteiger partial charge in [-0.15, -0.1) is 0 Å². The molecule has 0 aromatic carbocycles. The number of aliphatic hydroxyl groups excluding tert-OH is 1. The number of fused-ring (bicyclic) bond motifs is 2. The quantitative estimate of drug-likeness (QED) is 0.707. The standard InChI is InChI=1S/C13H20O3/c1-12(2)9-6-7-13(12,3)11(16)8(9)4-5-10(14)15/h4,9,11,16H,5-7H2,1-3H3,(H,14,15)/b8-4-/t9-,11-,13+/m1/s1. The molecule has 0 aliphatic heterocycles. The summed E-state index contributed by atoms with van der Waals surface area (Å²) in [6, 6.07) is 0. The normalized spacial score (nSPS) is 42.9. The minimum absolute atomic E-state index is 0.0229. The minimum Gasteiger partial charge on any atom is -0.481 e. The maximum absolute atomic E-state index is 10.6. The van der Waals surface area contributed by atoms with Gasteiger partial charge in [-0.2, -0.15) is 0 Å². The van der Waals surface area contributed by atoms with Crippen molar-refractivity contribution in [1.82, 2.24) is 0 Å². The van der Waals surface area contributed by atoms with Crippen LogP contribution in [0.3, 0.4) is 0 Å². The van der Waals surface area contributed by atoms with Gasteiger partial charge in [0.25, 0.3) is 0 Å². The highest BCUT2D eigenvalue weighted by Gasteiger charge is 2.63. The van der Waals surface area contributed by atoms with Crippen molar-refractivity contribution in [2.24, 2.45) is 16.7 Å². The number of rotatable bonds is 2. The van der Waals surface area contributed by atoms with Crippen LogP contribution in [0.4, 0.5) is 0 Å². The zero-order chi connectivity index (χ0) is 12.1. The van der Waals surface area contributed by atoms with Crippen LogP contribution in [0.15, 0.2) is 11.6 Å². The van der Waals surface area contributed by atoms with Gasteiger partial charge in [-0.3, -0.25) is 4.79 Å². The molecule has 0 spiro atoms. The Kier molecular flexibility index (Phi) is 2.42. The third-order valence-electron chi connectivity index (χ3n) is 5.13. The van der Waals surface area contributed by atoms with Crippen LogP contribution in [0.1, 0.15) is 40.0 Å². The van der Waals surface area contributed by atoms with Crippen LogP contribution in [0.5, 0.6) is 0 Å². The third kappa shape index (κ3) is 1.27. The monoisotopic (exact) mass is 224 g/mol. The Bertz CT molecular complexity index is 356. The van der Waals surface area contributed by atoms with E-state index in [0.29, 0.717) is 5.92 Å². The number of carbonyl (C=O) groups is 1. The van der Waals surface area contributed by atoms with Crippen molar-refractivity contribution in [3.8, 4) is 0 Å². The van der Waals surface area contributed by atoms with E-state index >= 15 is 0 Å². The molecular formula is C13H20O3. The highest BCUT2D eigenvalue weighted by Crippen LogP contribution is 2.67. The van der Waals surface area contributed by atoms with E-state index in [0.717, 1.165) is 18.4 Å². The predicted octanol–water partition coefficient (Wildman–Crippen LogP) is 2.20. The summed E-state index contributed by atoms with van der Waals surface area (Å²) in [6.07, 6.45) is 3.40. The molecule has 90 valence electrons. The topological polar surface area (TPSA) is 57.5 Å². The second kappa shape index (κ2) is 3.33. The maximum Gasteiger partial charge on any atom is 0.307 e. The molecule has 16 heavy (non-hydrogen) atoms. The molecule has 2 aliphatic rings. The van der Waals surface area contributed by atoms with Crippen molar-refractivity contribution in [3.05, 3.63) is 11.6 Å². The first-order chi connectivity index (χ1) is 7.30. The number of carboxylic acid groups (broad SMARTS) is 1. The second-order valence-corrected chi connectivity index (χ2v) is 5.93. The third-order valence-corrected chi connectivity index (χ3v) is 5.13. The number of carboxylic acids is 1. The highest BCUT2D eigenvalue weighted by atomic mass is 16.4. The first kappa shape index (κ1) is 11.6. The smallest absolute Gasteiger partial charge is 0.307 e. The fraction of sp³-hybridized carbons (Fsp3) is 0.769. The molecule has 3 atom stereocenters. The zero-order valence-electron chi connectivity index (χ0n) is 10.2. The van der Waals surface area contributed by atoms with Gasteiger partial charge in [0.2, 0.25) is 0 Å². The number of hydrogen-bond acceptors (Lipinski definition) is 2. The molecule has 0 amide bonds. The molecule has 0 unspecified atom stereocenters. The molecule has 0 heterocycles. The lowest BCUT2D eigenvalue weighted by molar-refractivity contribution is -0.136. The Hall–Kier alpha value is -0.830. The Balaban J connectivity index is 2.33. The van der Waals surface area contributed by atoms with Crippen molar-refractivity contribution < 1.29 is 15.0 Å². The van der Waals surface area contributed by atoms with Gasteiger partial charge in [0.1, 0.15) is 0 Å². The van der Waals surface area contributed by atoms with Crippen LogP contribution in [0, 0.1) is 16.7 Å². The molecule has 2 rings (SSSR count). The first-order valence-electron chi connectivity index (χ1n) is 5.90. The maximum atomic E-state index is 10.6. The van der Waals surface area contributed by atoms with E-state index in [1.54, 1.807) is 6.08 Å². The van der Waals surface area contributed by atoms with E-state index in [-0.39, 0.29) is 17.3 Å². The van der Waals surface area contributed by atoms with Crippen LogP contribution in [0.2, 0.25) is 0 Å². The fourth-order valence-electron chi connectivity index (χ4n) is 3.62. The van der Waals surface area contributed by atoms with Gasteiger partial charge in [0.15, 0.2) is 0 Å². The van der Waals surface area contributed by atoms with Crippen molar-refractivity contribution in [1.29, 1.82) is 0 Å². The molecule has 0 saturated heterocycles. The summed E-state index contributed by atoms with van der Waals surface area (Å²) >= 11 is 0. The summed E-state index contributed by atoms with van der Waals surface area (Å²) in [5.74, 6) is -0.475. The Labute approximate surface area is 96.2 Å². The summed E-state index contributed by atoms with van der Waals surface area (Å²) < 4.78 is 0. The van der Waals surface area contributed by atoms with Gasteiger partial charge in [-0.1, -0.05) is 26.8 Å². The molecule has 0 aromatic heterocycles. The van der Waals surface area contributed by atoms with Crippen LogP contribution in [0.25, 0.3) is 0 Å². The SMILES string of the molecule is CC1(C)[C@@H]2CC[C@@]1(C)[C@H](O)/C2=C\CC(=O)O. The molecule has 2 N–H and O–H groups in total. The van der Waals surface area contributed by atoms with E-state index in [4.69, 9.17) is 5.11 Å². The lowest BCUT2D eigenvalue weighted by Crippen LogP contribution is -2.35. The minimum atomic E-state index is -0.828. The van der Waals surface area contributed by atoms with E-state index in [9.17, 15) is 9.90 Å². The van der Waals surface area contributed by atoms with Gasteiger partial charge in [0.05, 0.1) is 12.5 Å². The summed E-state index contributed by atoms with van der Waals surface area (Å²) in [5, 5.41) is 19.0. The molecule has 0 radical (unpaired) electrons. The largest absolute Gasteiger partial charge is 0.481 e. The summed E-state index contributed by atoms with van der Waals surface area (Å²) in [5.41, 5.74) is 0.958. The Morgan fingerprint density at radius 2 is 2.12 bits per heavy atom. The van der Waals surface area contributed by atoms with Gasteiger partial charge in [-0.05, 0) is 29.7 Å². The van der Waals surface area contributed by atoms with Crippen molar-refractivity contribution in [2.75, 3.05) is 0 Å². The van der Waals surface area contributed by atoms with E-state index in [1.807, 2.05) is 0 Å². The van der Waals surface area contributed by atoms with Gasteiger partial charge in [-0.25, -0.2) is 0 Å². The number of aliphatic hydroxyl groups is 1. The molecular weight excluding hydrogens is 204 g/mol. The molecule has 2 bridgehead atoms. The first-order valence-corrected chi connectivity index (χ1v) is 5.90. The van der Waals surface area contributed by atoms with E-state index < -0.39 is 12.1 Å². The summed E-state index contributed by atoms with van der Waals surface area (Å²) in [7, 11) is 0. The van der Waals surface area contributed by atoms with Gasteiger partial charge >= 0.3 is 5.97 Å². The second-order valence-electron chi connectivity index (χ2n) is 5.93. The number of hydrogen-bond donors (Lipinski definition) is 2. The van der Waals surface area contributed by atoms with Crippen LogP contribution >= 0.6 is 0 Å². The van der Waals surface area contributed by atoms with Crippen LogP contribution in [-0.4, -0.2) is 22.3 Å². The predicted molar refractivity (Wildman–Crippen MR) is 61.0 cm³/mol. The van der Waals surface area contributed by atoms with E-state index in [2.05, 4.69) is 20.8 Å². The van der Waals surface area contributed by atoms with Gasteiger partial charge in [0, 0.05) is 5.41 Å². The molecule has 2 fully saturated rings. The number of aliphatic carboxylic acids is 1. The van der Waals surface area contributed by atoms with Crippen LogP contribution < -0.4 is 0 Å². The van der Waals surface area contributed by atoms with Crippen LogP contribution in [-0.2, 0) is 4.79 Å². The van der Waals surface area contributed by atoms with E-state index in [1.165, 1.54) is 0 Å². The van der Waals surface area contributed by atoms with Crippen molar-refractivity contribution in [3.63, 3.8) is 0 Å². The van der Waals surface area contributed by atoms with Gasteiger partial charge < -0.3 is 10.2 Å².